The maximum Gasteiger partial charge on any atom is 0.313 e. The maximum absolute atomic E-state index is 15.2. The molecule has 4 aliphatic heterocycles. The zero-order valence-electron chi connectivity index (χ0n) is 28.3. The van der Waals surface area contributed by atoms with Gasteiger partial charge in [0.15, 0.2) is 0 Å². The van der Waals surface area contributed by atoms with Gasteiger partial charge in [0.2, 0.25) is 11.8 Å². The van der Waals surface area contributed by atoms with E-state index >= 15 is 4.79 Å². The first-order chi connectivity index (χ1) is 23.5. The van der Waals surface area contributed by atoms with Crippen molar-refractivity contribution in [3.63, 3.8) is 0 Å². The molecule has 2 N–H and O–H groups in total. The van der Waals surface area contributed by atoms with Crippen LogP contribution in [0.15, 0.2) is 71.2 Å². The van der Waals surface area contributed by atoms with Gasteiger partial charge in [-0.1, -0.05) is 84.4 Å². The average molecular weight is 735 g/mol. The molecule has 3 amide bonds. The van der Waals surface area contributed by atoms with Crippen molar-refractivity contribution >= 4 is 45.3 Å². The molecule has 2 saturated heterocycles. The Bertz CT molecular complexity index is 1680. The summed E-state index contributed by atoms with van der Waals surface area (Å²) in [4.78, 5) is 60.4. The number of carbonyl (C=O) groups excluding carboxylic acids is 4. The first-order valence-electron chi connectivity index (χ1n) is 17.0. The van der Waals surface area contributed by atoms with Crippen LogP contribution < -0.4 is 10.2 Å². The van der Waals surface area contributed by atoms with E-state index < -0.39 is 53.6 Å². The second-order valence-electron chi connectivity index (χ2n) is 13.9. The number of nitrogens with zero attached hydrogens (tertiary/aromatic N) is 2. The summed E-state index contributed by atoms with van der Waals surface area (Å²) in [6.45, 7) is 7.73. The first-order valence-corrected chi connectivity index (χ1v) is 17.8. The van der Waals surface area contributed by atoms with Crippen LogP contribution in [0, 0.1) is 31.6 Å². The zero-order valence-corrected chi connectivity index (χ0v) is 29.9. The van der Waals surface area contributed by atoms with Gasteiger partial charge >= 0.3 is 5.97 Å². The number of aliphatic hydroxyl groups is 1. The third-order valence-electron chi connectivity index (χ3n) is 10.0. The normalized spacial score (nSPS) is 30.3. The summed E-state index contributed by atoms with van der Waals surface area (Å²) in [7, 11) is 0. The highest BCUT2D eigenvalue weighted by molar-refractivity contribution is 9.11. The van der Waals surface area contributed by atoms with E-state index in [-0.39, 0.29) is 43.8 Å². The number of anilines is 1. The summed E-state index contributed by atoms with van der Waals surface area (Å²) >= 11 is 3.62. The Morgan fingerprint density at radius 1 is 1.04 bits per heavy atom. The summed E-state index contributed by atoms with van der Waals surface area (Å²) < 4.78 is 13.4. The molecular formula is C38H44BrN3O7. The fourth-order valence-corrected chi connectivity index (χ4v) is 8.54. The minimum absolute atomic E-state index is 0.0476. The van der Waals surface area contributed by atoms with E-state index in [1.807, 2.05) is 88.4 Å². The number of amides is 3. The standard InChI is InChI=1S/C38H44BrN3O7/c1-22(2)17-26(21-43)42-34-36(46)41(28-18-23(3)14-15-24(28)4)16-10-6-9-13-30(44)40-20-29(25-11-7-5-8-12-25)48-37(47)31-32(35(42)45)38(34)19-27(39)33(31)49-38/h5-8,10-12,14-15,18-19,22,26,29,31-34,43H,9,13,16-17,20-21H2,1-4H3,(H,40,44)/b10-6-/t26-,29-,31-,32+,33-,34-,38+/m1/s1. The zero-order chi connectivity index (χ0) is 35.0. The monoisotopic (exact) mass is 733 g/mol. The number of nitrogens with one attached hydrogen (secondary N) is 1. The van der Waals surface area contributed by atoms with Crippen molar-refractivity contribution < 1.29 is 33.8 Å². The van der Waals surface area contributed by atoms with E-state index in [1.165, 1.54) is 4.90 Å². The number of esters is 1. The molecule has 5 bridgehead atoms. The number of aryl methyl sites for hydroxylation is 2. The number of allylic oxidation sites excluding steroid dienone is 1. The maximum atomic E-state index is 15.2. The third-order valence-corrected chi connectivity index (χ3v) is 10.7. The van der Waals surface area contributed by atoms with Crippen molar-refractivity contribution in [3.05, 3.63) is 87.9 Å². The van der Waals surface area contributed by atoms with E-state index in [0.717, 1.165) is 11.1 Å². The quantitative estimate of drug-likeness (QED) is 0.327. The van der Waals surface area contributed by atoms with Crippen LogP contribution in [0.3, 0.4) is 0 Å². The van der Waals surface area contributed by atoms with Crippen LogP contribution in [0.2, 0.25) is 0 Å². The number of fused-ring (bicyclic) bond motifs is 2. The Morgan fingerprint density at radius 3 is 2.51 bits per heavy atom. The topological polar surface area (TPSA) is 125 Å². The lowest BCUT2D eigenvalue weighted by Gasteiger charge is -2.39. The molecule has 10 nitrogen and oxygen atoms in total. The van der Waals surface area contributed by atoms with Crippen molar-refractivity contribution in [3.8, 4) is 0 Å². The summed E-state index contributed by atoms with van der Waals surface area (Å²) in [6.07, 6.45) is 4.92. The lowest BCUT2D eigenvalue weighted by molar-refractivity contribution is -0.160. The summed E-state index contributed by atoms with van der Waals surface area (Å²) in [5.41, 5.74) is 1.70. The highest BCUT2D eigenvalue weighted by Crippen LogP contribution is 2.59. The highest BCUT2D eigenvalue weighted by atomic mass is 79.9. The van der Waals surface area contributed by atoms with Gasteiger partial charge in [-0.05, 0) is 61.4 Å². The van der Waals surface area contributed by atoms with E-state index in [2.05, 4.69) is 21.2 Å². The Kier molecular flexibility index (Phi) is 10.2. The Labute approximate surface area is 295 Å². The highest BCUT2D eigenvalue weighted by Gasteiger charge is 2.75. The number of carbonyl (C=O) groups is 4. The van der Waals surface area contributed by atoms with Crippen LogP contribution in [-0.2, 0) is 28.7 Å². The first kappa shape index (κ1) is 35.0. The molecule has 6 rings (SSSR count). The molecule has 7 atom stereocenters. The molecule has 4 aliphatic rings. The number of likely N-dealkylation sites (tertiary alicyclic amines) is 1. The minimum Gasteiger partial charge on any atom is -0.455 e. The minimum atomic E-state index is -1.49. The Morgan fingerprint density at radius 2 is 1.80 bits per heavy atom. The van der Waals surface area contributed by atoms with Crippen LogP contribution in [0.1, 0.15) is 55.9 Å². The summed E-state index contributed by atoms with van der Waals surface area (Å²) in [6, 6.07) is 13.1. The van der Waals surface area contributed by atoms with Gasteiger partial charge in [-0.25, -0.2) is 0 Å². The number of benzene rings is 2. The number of aliphatic hydroxyl groups excluding tert-OH is 1. The van der Waals surface area contributed by atoms with Gasteiger partial charge in [0, 0.05) is 23.1 Å². The van der Waals surface area contributed by atoms with Gasteiger partial charge < -0.3 is 29.7 Å². The SMILES string of the molecule is Cc1ccc(C)c(N2C/C=C\CCC(=O)NC[C@H](c3ccccc3)OC(=O)[C@H]3[C@@H]4O[C@@]5(C=C4Br)[C@@H]3C(=O)N([C@@H](CO)CC(C)C)[C@@H]5C2=O)c1. The largest absolute Gasteiger partial charge is 0.455 e. The number of hydrogen-bond donors (Lipinski definition) is 2. The second-order valence-corrected chi connectivity index (χ2v) is 14.8. The molecule has 4 heterocycles. The number of halogens is 1. The molecule has 49 heavy (non-hydrogen) atoms. The van der Waals surface area contributed by atoms with E-state index in [4.69, 9.17) is 9.47 Å². The fourth-order valence-electron chi connectivity index (χ4n) is 7.81. The summed E-state index contributed by atoms with van der Waals surface area (Å²) in [5.74, 6) is -3.71. The predicted octanol–water partition coefficient (Wildman–Crippen LogP) is 4.67. The van der Waals surface area contributed by atoms with E-state index in [0.29, 0.717) is 28.6 Å². The van der Waals surface area contributed by atoms with Gasteiger partial charge in [0.25, 0.3) is 5.91 Å². The third kappa shape index (κ3) is 6.48. The van der Waals surface area contributed by atoms with Gasteiger partial charge in [-0.15, -0.1) is 0 Å². The lowest BCUT2D eigenvalue weighted by atomic mass is 9.74. The van der Waals surface area contributed by atoms with Gasteiger partial charge in [-0.2, -0.15) is 0 Å². The molecule has 260 valence electrons. The fraction of sp³-hybridized carbons (Fsp3) is 0.474. The van der Waals surface area contributed by atoms with Crippen LogP contribution >= 0.6 is 15.9 Å². The molecule has 11 heteroatoms. The molecule has 2 fully saturated rings. The number of rotatable bonds is 6. The van der Waals surface area contributed by atoms with E-state index in [9.17, 15) is 19.5 Å². The van der Waals surface area contributed by atoms with Gasteiger partial charge in [0.05, 0.1) is 25.1 Å². The molecule has 1 spiro atoms. The molecule has 0 saturated carbocycles. The van der Waals surface area contributed by atoms with Crippen molar-refractivity contribution in [1.29, 1.82) is 0 Å². The number of cyclic esters (lactones) is 1. The Hall–Kier alpha value is -3.80. The van der Waals surface area contributed by atoms with Crippen molar-refractivity contribution in [2.45, 2.75) is 76.9 Å². The van der Waals surface area contributed by atoms with Crippen LogP contribution in [0.4, 0.5) is 5.69 Å². The average Bonchev–Trinajstić information content (AvgIpc) is 3.67. The molecular weight excluding hydrogens is 690 g/mol. The van der Waals surface area contributed by atoms with Gasteiger partial charge in [0.1, 0.15) is 29.8 Å². The second kappa shape index (κ2) is 14.2. The molecule has 0 unspecified atom stereocenters. The molecule has 2 aromatic rings. The van der Waals surface area contributed by atoms with E-state index in [1.54, 1.807) is 11.0 Å². The molecule has 0 radical (unpaired) electrons. The predicted molar refractivity (Wildman–Crippen MR) is 187 cm³/mol. The van der Waals surface area contributed by atoms with Crippen molar-refractivity contribution in [2.75, 3.05) is 24.6 Å². The van der Waals surface area contributed by atoms with Crippen LogP contribution in [-0.4, -0.2) is 77.2 Å². The number of hydrogen-bond acceptors (Lipinski definition) is 7. The summed E-state index contributed by atoms with van der Waals surface area (Å²) in [5, 5.41) is 13.6. The number of ether oxygens (including phenoxy) is 2. The molecule has 2 aromatic carbocycles. The molecule has 0 aliphatic carbocycles. The van der Waals surface area contributed by atoms with Gasteiger partial charge in [-0.3, -0.25) is 19.2 Å². The van der Waals surface area contributed by atoms with Crippen LogP contribution in [0.25, 0.3) is 0 Å². The lowest BCUT2D eigenvalue weighted by Crippen LogP contribution is -2.59. The van der Waals surface area contributed by atoms with Crippen LogP contribution in [0.5, 0.6) is 0 Å². The van der Waals surface area contributed by atoms with Crippen molar-refractivity contribution in [1.82, 2.24) is 10.2 Å². The molecule has 0 aromatic heterocycles. The smallest absolute Gasteiger partial charge is 0.313 e. The Balaban J connectivity index is 1.50. The van der Waals surface area contributed by atoms with Crippen molar-refractivity contribution in [2.24, 2.45) is 17.8 Å².